The highest BCUT2D eigenvalue weighted by Crippen LogP contribution is 2.31. The molecule has 0 bridgehead atoms. The standard InChI is InChI=1S/C24H22N4O2/c1-4-18(16-8-6-5-7-9-16)23-25-13-21-26-24(29)19-12-17(10-11-20(19)28(21)23)22-14(2)27-30-15(22)3/h5-13,18H,4H2,1-3H3,(H,26,29). The highest BCUT2D eigenvalue weighted by atomic mass is 16.5. The average Bonchev–Trinajstić information content (AvgIpc) is 3.32. The van der Waals surface area contributed by atoms with E-state index in [1.54, 1.807) is 6.20 Å². The first-order valence-electron chi connectivity index (χ1n) is 10.1. The molecule has 0 aliphatic heterocycles. The van der Waals surface area contributed by atoms with Crippen LogP contribution < -0.4 is 5.56 Å². The van der Waals surface area contributed by atoms with Gasteiger partial charge in [-0.15, -0.1) is 0 Å². The normalized spacial score (nSPS) is 12.6. The van der Waals surface area contributed by atoms with Crippen molar-refractivity contribution in [2.24, 2.45) is 0 Å². The number of aromatic amines is 1. The molecular weight excluding hydrogens is 376 g/mol. The van der Waals surface area contributed by atoms with Crippen LogP contribution >= 0.6 is 0 Å². The summed E-state index contributed by atoms with van der Waals surface area (Å²) in [5.74, 6) is 1.79. The maximum absolute atomic E-state index is 12.9. The quantitative estimate of drug-likeness (QED) is 0.463. The van der Waals surface area contributed by atoms with Crippen molar-refractivity contribution in [1.29, 1.82) is 0 Å². The number of aryl methyl sites for hydroxylation is 2. The Morgan fingerprint density at radius 2 is 1.93 bits per heavy atom. The van der Waals surface area contributed by atoms with E-state index in [1.165, 1.54) is 5.56 Å². The SMILES string of the molecule is CCC(c1ccccc1)c1ncc2[nH]c(=O)c3cc(-c4c(C)noc4C)ccc3n12. The number of hydrogen-bond donors (Lipinski definition) is 1. The predicted molar refractivity (Wildman–Crippen MR) is 117 cm³/mol. The van der Waals surface area contributed by atoms with Gasteiger partial charge in [-0.25, -0.2) is 4.98 Å². The lowest BCUT2D eigenvalue weighted by Crippen LogP contribution is -2.12. The number of imidazole rings is 1. The van der Waals surface area contributed by atoms with Crippen LogP contribution in [0.3, 0.4) is 0 Å². The Labute approximate surface area is 173 Å². The summed E-state index contributed by atoms with van der Waals surface area (Å²) in [6.07, 6.45) is 2.64. The maximum atomic E-state index is 12.9. The number of aromatic nitrogens is 4. The van der Waals surface area contributed by atoms with E-state index in [2.05, 4.69) is 33.6 Å². The summed E-state index contributed by atoms with van der Waals surface area (Å²) in [4.78, 5) is 20.6. The zero-order chi connectivity index (χ0) is 20.8. The maximum Gasteiger partial charge on any atom is 0.258 e. The average molecular weight is 398 g/mol. The third-order valence-electron chi connectivity index (χ3n) is 5.76. The first kappa shape index (κ1) is 18.4. The van der Waals surface area contributed by atoms with Gasteiger partial charge in [0.1, 0.15) is 17.2 Å². The molecule has 0 spiro atoms. The van der Waals surface area contributed by atoms with Crippen molar-refractivity contribution < 1.29 is 4.52 Å². The van der Waals surface area contributed by atoms with Gasteiger partial charge < -0.3 is 9.51 Å². The number of hydrogen-bond acceptors (Lipinski definition) is 4. The van der Waals surface area contributed by atoms with E-state index in [9.17, 15) is 4.79 Å². The van der Waals surface area contributed by atoms with Crippen molar-refractivity contribution in [2.45, 2.75) is 33.1 Å². The largest absolute Gasteiger partial charge is 0.361 e. The van der Waals surface area contributed by atoms with Crippen LogP contribution in [0.2, 0.25) is 0 Å². The number of nitrogens with one attached hydrogen (secondary N) is 1. The van der Waals surface area contributed by atoms with Gasteiger partial charge >= 0.3 is 0 Å². The molecule has 0 aliphatic rings. The molecule has 0 radical (unpaired) electrons. The van der Waals surface area contributed by atoms with Crippen molar-refractivity contribution in [3.05, 3.63) is 87.9 Å². The van der Waals surface area contributed by atoms with Crippen LogP contribution in [0.25, 0.3) is 27.7 Å². The van der Waals surface area contributed by atoms with Gasteiger partial charge in [0.2, 0.25) is 0 Å². The minimum atomic E-state index is -0.134. The molecule has 0 saturated carbocycles. The van der Waals surface area contributed by atoms with Crippen molar-refractivity contribution in [1.82, 2.24) is 19.5 Å². The van der Waals surface area contributed by atoms with Gasteiger partial charge in [-0.3, -0.25) is 9.20 Å². The summed E-state index contributed by atoms with van der Waals surface area (Å²) in [7, 11) is 0. The minimum Gasteiger partial charge on any atom is -0.361 e. The van der Waals surface area contributed by atoms with E-state index in [0.717, 1.165) is 40.3 Å². The van der Waals surface area contributed by atoms with Crippen molar-refractivity contribution >= 4 is 16.6 Å². The van der Waals surface area contributed by atoms with E-state index in [-0.39, 0.29) is 11.5 Å². The Bertz CT molecular complexity index is 1410. The lowest BCUT2D eigenvalue weighted by Gasteiger charge is -2.16. The van der Waals surface area contributed by atoms with Gasteiger partial charge in [-0.05, 0) is 43.5 Å². The van der Waals surface area contributed by atoms with Gasteiger partial charge in [0.15, 0.2) is 0 Å². The molecule has 2 aromatic carbocycles. The second kappa shape index (κ2) is 6.99. The molecule has 3 aromatic heterocycles. The fraction of sp³-hybridized carbons (Fsp3) is 0.208. The van der Waals surface area contributed by atoms with Crippen molar-refractivity contribution in [3.8, 4) is 11.1 Å². The fourth-order valence-corrected chi connectivity index (χ4v) is 4.35. The number of nitrogens with zero attached hydrogens (tertiary/aromatic N) is 3. The molecule has 1 unspecified atom stereocenters. The Morgan fingerprint density at radius 1 is 1.13 bits per heavy atom. The molecule has 0 aliphatic carbocycles. The molecule has 5 aromatic rings. The van der Waals surface area contributed by atoms with Gasteiger partial charge in [-0.2, -0.15) is 0 Å². The zero-order valence-corrected chi connectivity index (χ0v) is 17.1. The molecule has 30 heavy (non-hydrogen) atoms. The number of benzene rings is 2. The lowest BCUT2D eigenvalue weighted by molar-refractivity contribution is 0.393. The predicted octanol–water partition coefficient (Wildman–Crippen LogP) is 4.99. The van der Waals surface area contributed by atoms with E-state index in [0.29, 0.717) is 11.0 Å². The zero-order valence-electron chi connectivity index (χ0n) is 17.1. The van der Waals surface area contributed by atoms with Crippen LogP contribution in [0.1, 0.15) is 42.1 Å². The third kappa shape index (κ3) is 2.76. The molecule has 6 heteroatoms. The summed E-state index contributed by atoms with van der Waals surface area (Å²) in [6, 6.07) is 16.3. The molecule has 5 rings (SSSR count). The highest BCUT2D eigenvalue weighted by Gasteiger charge is 2.20. The topological polar surface area (TPSA) is 76.2 Å². The molecule has 0 saturated heterocycles. The van der Waals surface area contributed by atoms with Gasteiger partial charge in [0, 0.05) is 11.5 Å². The summed E-state index contributed by atoms with van der Waals surface area (Å²) in [5, 5.41) is 4.66. The van der Waals surface area contributed by atoms with Gasteiger partial charge in [0.05, 0.1) is 22.8 Å². The first-order chi connectivity index (χ1) is 14.6. The fourth-order valence-electron chi connectivity index (χ4n) is 4.35. The van der Waals surface area contributed by atoms with E-state index in [4.69, 9.17) is 9.51 Å². The molecule has 150 valence electrons. The second-order valence-corrected chi connectivity index (χ2v) is 7.59. The van der Waals surface area contributed by atoms with Gasteiger partial charge in [-0.1, -0.05) is 48.5 Å². The van der Waals surface area contributed by atoms with E-state index < -0.39 is 0 Å². The minimum absolute atomic E-state index is 0.130. The van der Waals surface area contributed by atoms with Gasteiger partial charge in [0.25, 0.3) is 5.56 Å². The molecule has 1 N–H and O–H groups in total. The Hall–Kier alpha value is -3.67. The van der Waals surface area contributed by atoms with Crippen LogP contribution in [0.15, 0.2) is 64.0 Å². The summed E-state index contributed by atoms with van der Waals surface area (Å²) < 4.78 is 7.38. The number of fused-ring (bicyclic) bond motifs is 3. The van der Waals surface area contributed by atoms with Crippen molar-refractivity contribution in [2.75, 3.05) is 0 Å². The van der Waals surface area contributed by atoms with Crippen molar-refractivity contribution in [3.63, 3.8) is 0 Å². The van der Waals surface area contributed by atoms with Crippen LogP contribution in [-0.2, 0) is 0 Å². The molecule has 6 nitrogen and oxygen atoms in total. The molecule has 0 amide bonds. The molecule has 3 heterocycles. The van der Waals surface area contributed by atoms with Crippen LogP contribution in [0.4, 0.5) is 0 Å². The highest BCUT2D eigenvalue weighted by molar-refractivity contribution is 5.86. The lowest BCUT2D eigenvalue weighted by atomic mass is 9.95. The Balaban J connectivity index is 1.77. The Kier molecular flexibility index (Phi) is 4.28. The second-order valence-electron chi connectivity index (χ2n) is 7.59. The molecular formula is C24H22N4O2. The summed E-state index contributed by atoms with van der Waals surface area (Å²) in [6.45, 7) is 5.94. The van der Waals surface area contributed by atoms with Crippen LogP contribution in [-0.4, -0.2) is 19.5 Å². The monoisotopic (exact) mass is 398 g/mol. The smallest absolute Gasteiger partial charge is 0.258 e. The Morgan fingerprint density at radius 3 is 2.63 bits per heavy atom. The molecule has 0 fully saturated rings. The van der Waals surface area contributed by atoms with E-state index >= 15 is 0 Å². The first-order valence-corrected chi connectivity index (χ1v) is 10.1. The van der Waals surface area contributed by atoms with Crippen LogP contribution in [0, 0.1) is 13.8 Å². The molecule has 1 atom stereocenters. The number of rotatable bonds is 4. The summed E-state index contributed by atoms with van der Waals surface area (Å²) in [5.41, 5.74) is 5.26. The van der Waals surface area contributed by atoms with Crippen LogP contribution in [0.5, 0.6) is 0 Å². The number of H-pyrrole nitrogens is 1. The van der Waals surface area contributed by atoms with E-state index in [1.807, 2.05) is 50.2 Å². The third-order valence-corrected chi connectivity index (χ3v) is 5.76. The summed E-state index contributed by atoms with van der Waals surface area (Å²) >= 11 is 0.